The van der Waals surface area contributed by atoms with Crippen LogP contribution in [-0.2, 0) is 11.3 Å². The number of methoxy groups -OCH3 is 1. The molecule has 1 aromatic rings. The third-order valence-electron chi connectivity index (χ3n) is 1.37. The molecule has 0 spiro atoms. The van der Waals surface area contributed by atoms with Gasteiger partial charge in [-0.15, -0.1) is 0 Å². The average molecular weight is 158 g/mol. The highest BCUT2D eigenvalue weighted by molar-refractivity contribution is 5.42. The Morgan fingerprint density at radius 2 is 2.00 bits per heavy atom. The molecule has 0 aromatic carbocycles. The van der Waals surface area contributed by atoms with Gasteiger partial charge in [0.15, 0.2) is 11.5 Å². The maximum absolute atomic E-state index is 9.13. The standard InChI is InChI=1S/C7H10O4/c1-4-6(8)7(9)5(11-4)3-10-2/h8-9H,3H2,1-2H3. The summed E-state index contributed by atoms with van der Waals surface area (Å²) in [4.78, 5) is 0. The van der Waals surface area contributed by atoms with Gasteiger partial charge in [0.1, 0.15) is 12.4 Å². The van der Waals surface area contributed by atoms with E-state index in [0.29, 0.717) is 5.76 Å². The molecule has 11 heavy (non-hydrogen) atoms. The van der Waals surface area contributed by atoms with Crippen molar-refractivity contribution >= 4 is 0 Å². The van der Waals surface area contributed by atoms with Crippen molar-refractivity contribution in [3.8, 4) is 11.5 Å². The summed E-state index contributed by atoms with van der Waals surface area (Å²) in [5.74, 6) is 0.110. The minimum atomic E-state index is -0.232. The van der Waals surface area contributed by atoms with Gasteiger partial charge in [-0.3, -0.25) is 0 Å². The SMILES string of the molecule is COCc1oc(C)c(O)c1O. The summed E-state index contributed by atoms with van der Waals surface area (Å²) in [7, 11) is 1.48. The molecule has 0 aliphatic carbocycles. The van der Waals surface area contributed by atoms with E-state index in [9.17, 15) is 0 Å². The molecule has 2 N–H and O–H groups in total. The van der Waals surface area contributed by atoms with Crippen molar-refractivity contribution in [1.29, 1.82) is 0 Å². The fourth-order valence-corrected chi connectivity index (χ4v) is 0.809. The Balaban J connectivity index is 2.98. The number of hydrogen-bond acceptors (Lipinski definition) is 4. The van der Waals surface area contributed by atoms with Crippen LogP contribution in [0.5, 0.6) is 11.5 Å². The second-order valence-electron chi connectivity index (χ2n) is 2.21. The first-order valence-electron chi connectivity index (χ1n) is 3.16. The van der Waals surface area contributed by atoms with E-state index in [1.165, 1.54) is 7.11 Å². The van der Waals surface area contributed by atoms with Crippen LogP contribution in [0.15, 0.2) is 4.42 Å². The van der Waals surface area contributed by atoms with Gasteiger partial charge in [-0.2, -0.15) is 0 Å². The van der Waals surface area contributed by atoms with Crippen molar-refractivity contribution in [3.63, 3.8) is 0 Å². The smallest absolute Gasteiger partial charge is 0.202 e. The van der Waals surface area contributed by atoms with Crippen LogP contribution in [-0.4, -0.2) is 17.3 Å². The number of furan rings is 1. The Labute approximate surface area is 64.0 Å². The summed E-state index contributed by atoms with van der Waals surface area (Å²) in [5.41, 5.74) is 0. The molecule has 0 amide bonds. The third kappa shape index (κ3) is 1.30. The van der Waals surface area contributed by atoms with Gasteiger partial charge in [0.2, 0.25) is 5.75 Å². The van der Waals surface area contributed by atoms with Gasteiger partial charge in [-0.05, 0) is 6.92 Å². The molecule has 0 saturated carbocycles. The molecule has 1 heterocycles. The van der Waals surface area contributed by atoms with Gasteiger partial charge < -0.3 is 19.4 Å². The van der Waals surface area contributed by atoms with Gasteiger partial charge in [-0.25, -0.2) is 0 Å². The predicted octanol–water partition coefficient (Wildman–Crippen LogP) is 1.15. The van der Waals surface area contributed by atoms with Gasteiger partial charge in [0.05, 0.1) is 0 Å². The van der Waals surface area contributed by atoms with Crippen molar-refractivity contribution < 1.29 is 19.4 Å². The molecule has 0 bridgehead atoms. The second kappa shape index (κ2) is 2.84. The maximum Gasteiger partial charge on any atom is 0.202 e. The summed E-state index contributed by atoms with van der Waals surface area (Å²) in [6, 6.07) is 0. The van der Waals surface area contributed by atoms with Crippen LogP contribution < -0.4 is 0 Å². The molecule has 4 heteroatoms. The molecule has 0 unspecified atom stereocenters. The Bertz CT molecular complexity index is 251. The monoisotopic (exact) mass is 158 g/mol. The zero-order valence-electron chi connectivity index (χ0n) is 6.42. The number of rotatable bonds is 2. The zero-order valence-corrected chi connectivity index (χ0v) is 6.42. The molecule has 0 saturated heterocycles. The van der Waals surface area contributed by atoms with E-state index in [2.05, 4.69) is 0 Å². The van der Waals surface area contributed by atoms with Crippen molar-refractivity contribution in [1.82, 2.24) is 0 Å². The summed E-state index contributed by atoms with van der Waals surface area (Å²) >= 11 is 0. The normalized spacial score (nSPS) is 10.4. The highest BCUT2D eigenvalue weighted by Gasteiger charge is 2.14. The van der Waals surface area contributed by atoms with E-state index < -0.39 is 0 Å². The number of aromatic hydroxyl groups is 2. The lowest BCUT2D eigenvalue weighted by Gasteiger charge is -1.92. The summed E-state index contributed by atoms with van der Waals surface area (Å²) in [6.45, 7) is 1.72. The van der Waals surface area contributed by atoms with Crippen molar-refractivity contribution in [3.05, 3.63) is 11.5 Å². The Morgan fingerprint density at radius 3 is 2.36 bits per heavy atom. The highest BCUT2D eigenvalue weighted by Crippen LogP contribution is 2.35. The van der Waals surface area contributed by atoms with Gasteiger partial charge >= 0.3 is 0 Å². The number of hydrogen-bond donors (Lipinski definition) is 2. The molecule has 0 atom stereocenters. The number of aryl methyl sites for hydroxylation is 1. The van der Waals surface area contributed by atoms with Crippen LogP contribution in [0.2, 0.25) is 0 Å². The molecule has 0 radical (unpaired) electrons. The van der Waals surface area contributed by atoms with Crippen molar-refractivity contribution in [2.45, 2.75) is 13.5 Å². The van der Waals surface area contributed by atoms with Crippen LogP contribution in [0, 0.1) is 6.92 Å². The first-order chi connectivity index (χ1) is 5.16. The Hall–Kier alpha value is -1.16. The molecule has 1 aromatic heterocycles. The predicted molar refractivity (Wildman–Crippen MR) is 37.5 cm³/mol. The van der Waals surface area contributed by atoms with E-state index >= 15 is 0 Å². The molecule has 4 nitrogen and oxygen atoms in total. The first kappa shape index (κ1) is 7.94. The Kier molecular flexibility index (Phi) is 2.05. The molecule has 0 fully saturated rings. The lowest BCUT2D eigenvalue weighted by Crippen LogP contribution is -1.83. The first-order valence-corrected chi connectivity index (χ1v) is 3.16. The van der Waals surface area contributed by atoms with Crippen LogP contribution in [0.1, 0.15) is 11.5 Å². The molecule has 1 rings (SSSR count). The largest absolute Gasteiger partial charge is 0.502 e. The van der Waals surface area contributed by atoms with Gasteiger partial charge in [-0.1, -0.05) is 0 Å². The minimum absolute atomic E-state index is 0.160. The molecular weight excluding hydrogens is 148 g/mol. The van der Waals surface area contributed by atoms with E-state index in [1.807, 2.05) is 0 Å². The molecule has 62 valence electrons. The zero-order chi connectivity index (χ0) is 8.43. The van der Waals surface area contributed by atoms with Crippen molar-refractivity contribution in [2.75, 3.05) is 7.11 Å². The highest BCUT2D eigenvalue weighted by atomic mass is 16.5. The van der Waals surface area contributed by atoms with Gasteiger partial charge in [0.25, 0.3) is 0 Å². The van der Waals surface area contributed by atoms with Crippen LogP contribution in [0.3, 0.4) is 0 Å². The average Bonchev–Trinajstić information content (AvgIpc) is 2.19. The number of ether oxygens (including phenoxy) is 1. The third-order valence-corrected chi connectivity index (χ3v) is 1.37. The van der Waals surface area contributed by atoms with Crippen molar-refractivity contribution in [2.24, 2.45) is 0 Å². The lowest BCUT2D eigenvalue weighted by atomic mass is 10.4. The van der Waals surface area contributed by atoms with E-state index in [1.54, 1.807) is 6.92 Å². The summed E-state index contributed by atoms with van der Waals surface area (Å²) < 4.78 is 9.67. The summed E-state index contributed by atoms with van der Waals surface area (Å²) in [6.07, 6.45) is 0. The van der Waals surface area contributed by atoms with Gasteiger partial charge in [0, 0.05) is 7.11 Å². The minimum Gasteiger partial charge on any atom is -0.502 e. The molecule has 0 aliphatic heterocycles. The fourth-order valence-electron chi connectivity index (χ4n) is 0.809. The summed E-state index contributed by atoms with van der Waals surface area (Å²) in [5, 5.41) is 18.2. The maximum atomic E-state index is 9.13. The van der Waals surface area contributed by atoms with Crippen LogP contribution in [0.25, 0.3) is 0 Å². The fraction of sp³-hybridized carbons (Fsp3) is 0.429. The Morgan fingerprint density at radius 1 is 1.36 bits per heavy atom. The topological polar surface area (TPSA) is 62.8 Å². The molecule has 0 aliphatic rings. The van der Waals surface area contributed by atoms with E-state index in [-0.39, 0.29) is 23.9 Å². The van der Waals surface area contributed by atoms with E-state index in [4.69, 9.17) is 19.4 Å². The van der Waals surface area contributed by atoms with Crippen LogP contribution >= 0.6 is 0 Å². The molecular formula is C7H10O4. The quantitative estimate of drug-likeness (QED) is 0.677. The van der Waals surface area contributed by atoms with E-state index in [0.717, 1.165) is 0 Å². The lowest BCUT2D eigenvalue weighted by molar-refractivity contribution is 0.159. The van der Waals surface area contributed by atoms with Crippen LogP contribution in [0.4, 0.5) is 0 Å². The second-order valence-corrected chi connectivity index (χ2v) is 2.21.